The molecule has 0 saturated heterocycles. The van der Waals surface area contributed by atoms with Crippen LogP contribution < -0.4 is 5.32 Å². The van der Waals surface area contributed by atoms with Gasteiger partial charge in [-0.25, -0.2) is 4.98 Å². The number of amides is 1. The number of aromatic nitrogens is 4. The van der Waals surface area contributed by atoms with Crippen molar-refractivity contribution >= 4 is 58.0 Å². The number of thiophene rings is 1. The van der Waals surface area contributed by atoms with Crippen molar-refractivity contribution < 1.29 is 4.79 Å². The fourth-order valence-electron chi connectivity index (χ4n) is 2.21. The Balaban J connectivity index is 1.68. The van der Waals surface area contributed by atoms with E-state index in [1.165, 1.54) is 11.8 Å². The van der Waals surface area contributed by atoms with E-state index in [9.17, 15) is 4.79 Å². The molecule has 0 unspecified atom stereocenters. The summed E-state index contributed by atoms with van der Waals surface area (Å²) < 4.78 is 1.99. The second-order valence-corrected chi connectivity index (χ2v) is 7.96. The van der Waals surface area contributed by atoms with E-state index in [0.29, 0.717) is 33.3 Å². The Morgan fingerprint density at radius 2 is 2.15 bits per heavy atom. The second kappa shape index (κ2) is 8.39. The van der Waals surface area contributed by atoms with E-state index in [0.717, 1.165) is 10.7 Å². The fraction of sp³-hybridized carbons (Fsp3) is 0.250. The zero-order valence-electron chi connectivity index (χ0n) is 14.0. The second-order valence-electron chi connectivity index (χ2n) is 5.25. The number of hydrogen-bond donors (Lipinski definition) is 1. The van der Waals surface area contributed by atoms with Crippen molar-refractivity contribution in [2.45, 2.75) is 25.5 Å². The molecule has 0 bridgehead atoms. The van der Waals surface area contributed by atoms with Crippen molar-refractivity contribution in [3.05, 3.63) is 39.3 Å². The van der Waals surface area contributed by atoms with E-state index in [1.807, 2.05) is 29.0 Å². The number of hydrogen-bond acceptors (Lipinski definition) is 6. The Kier molecular flexibility index (Phi) is 6.18. The molecule has 136 valence electrons. The van der Waals surface area contributed by atoms with Gasteiger partial charge >= 0.3 is 0 Å². The zero-order chi connectivity index (χ0) is 18.7. The summed E-state index contributed by atoms with van der Waals surface area (Å²) in [6, 6.07) is 5.54. The van der Waals surface area contributed by atoms with Gasteiger partial charge in [0.05, 0.1) is 26.4 Å². The quantitative estimate of drug-likeness (QED) is 0.573. The summed E-state index contributed by atoms with van der Waals surface area (Å²) in [5, 5.41) is 14.6. The molecule has 10 heteroatoms. The van der Waals surface area contributed by atoms with Crippen LogP contribution >= 0.6 is 46.3 Å². The summed E-state index contributed by atoms with van der Waals surface area (Å²) in [6.07, 6.45) is 0. The van der Waals surface area contributed by atoms with E-state index in [1.54, 1.807) is 24.3 Å². The van der Waals surface area contributed by atoms with Crippen LogP contribution in [0.4, 0.5) is 5.82 Å². The molecular weight excluding hydrogens is 413 g/mol. The van der Waals surface area contributed by atoms with Gasteiger partial charge in [0, 0.05) is 6.54 Å². The third-order valence-electron chi connectivity index (χ3n) is 3.47. The lowest BCUT2D eigenvalue weighted by Gasteiger charge is -2.09. The van der Waals surface area contributed by atoms with Crippen molar-refractivity contribution in [1.82, 2.24) is 19.7 Å². The van der Waals surface area contributed by atoms with Crippen LogP contribution in [0.5, 0.6) is 0 Å². The minimum atomic E-state index is -0.227. The van der Waals surface area contributed by atoms with Gasteiger partial charge in [0.25, 0.3) is 0 Å². The van der Waals surface area contributed by atoms with Crippen molar-refractivity contribution in [2.75, 3.05) is 11.1 Å². The molecule has 3 heterocycles. The average molecular weight is 428 g/mol. The van der Waals surface area contributed by atoms with Crippen molar-refractivity contribution in [3.63, 3.8) is 0 Å². The van der Waals surface area contributed by atoms with E-state index in [4.69, 9.17) is 23.2 Å². The smallest absolute Gasteiger partial charge is 0.236 e. The molecule has 1 N–H and O–H groups in total. The minimum Gasteiger partial charge on any atom is -0.309 e. The molecule has 0 aliphatic carbocycles. The Morgan fingerprint density at radius 3 is 2.85 bits per heavy atom. The number of carbonyl (C=O) groups is 1. The lowest BCUT2D eigenvalue weighted by Crippen LogP contribution is -2.16. The number of rotatable bonds is 6. The van der Waals surface area contributed by atoms with E-state index >= 15 is 0 Å². The van der Waals surface area contributed by atoms with Crippen molar-refractivity contribution in [1.29, 1.82) is 0 Å². The molecule has 3 aromatic heterocycles. The first-order valence-electron chi connectivity index (χ1n) is 7.72. The van der Waals surface area contributed by atoms with E-state index in [2.05, 4.69) is 20.5 Å². The molecule has 3 aromatic rings. The fourth-order valence-corrected chi connectivity index (χ4v) is 4.14. The molecule has 0 saturated carbocycles. The number of pyridine rings is 1. The molecule has 0 fully saturated rings. The van der Waals surface area contributed by atoms with Gasteiger partial charge in [-0.05, 0) is 31.4 Å². The summed E-state index contributed by atoms with van der Waals surface area (Å²) in [7, 11) is 0. The Labute approximate surface area is 168 Å². The van der Waals surface area contributed by atoms with Gasteiger partial charge in [-0.15, -0.1) is 21.5 Å². The molecule has 0 aliphatic rings. The molecule has 0 radical (unpaired) electrons. The molecule has 0 aromatic carbocycles. The highest BCUT2D eigenvalue weighted by Crippen LogP contribution is 2.28. The minimum absolute atomic E-state index is 0.169. The van der Waals surface area contributed by atoms with Crippen LogP contribution in [0.25, 0.3) is 10.7 Å². The molecule has 6 nitrogen and oxygen atoms in total. The van der Waals surface area contributed by atoms with Crippen molar-refractivity contribution in [2.24, 2.45) is 0 Å². The normalized spacial score (nSPS) is 10.9. The molecule has 1 amide bonds. The maximum atomic E-state index is 12.3. The first-order chi connectivity index (χ1) is 12.5. The predicted molar refractivity (Wildman–Crippen MR) is 107 cm³/mol. The summed E-state index contributed by atoms with van der Waals surface area (Å²) in [5.41, 5.74) is 0.602. The van der Waals surface area contributed by atoms with Gasteiger partial charge in [0.2, 0.25) is 5.91 Å². The summed E-state index contributed by atoms with van der Waals surface area (Å²) >= 11 is 15.0. The Hall–Kier alpha value is -1.61. The zero-order valence-corrected chi connectivity index (χ0v) is 17.1. The number of carbonyl (C=O) groups excluding carboxylic acids is 1. The number of aryl methyl sites for hydroxylation is 1. The highest BCUT2D eigenvalue weighted by molar-refractivity contribution is 7.99. The van der Waals surface area contributed by atoms with Gasteiger partial charge in [-0.3, -0.25) is 4.79 Å². The molecule has 0 aliphatic heterocycles. The monoisotopic (exact) mass is 427 g/mol. The average Bonchev–Trinajstić information content (AvgIpc) is 3.26. The molecule has 26 heavy (non-hydrogen) atoms. The first-order valence-corrected chi connectivity index (χ1v) is 10.3. The standard InChI is InChI=1S/C16H15Cl2N5OS2/c1-3-23-15(12-5-4-6-25-12)21-22-16(23)26-8-13(24)20-14-11(18)7-10(17)9(2)19-14/h4-7H,3,8H2,1-2H3,(H,19,20,24). The summed E-state index contributed by atoms with van der Waals surface area (Å²) in [5.74, 6) is 1.05. The van der Waals surface area contributed by atoms with Crippen LogP contribution in [0, 0.1) is 6.92 Å². The van der Waals surface area contributed by atoms with Gasteiger partial charge in [0.1, 0.15) is 0 Å². The van der Waals surface area contributed by atoms with Gasteiger partial charge in [-0.1, -0.05) is 41.0 Å². The topological polar surface area (TPSA) is 72.7 Å². The van der Waals surface area contributed by atoms with Crippen LogP contribution in [0.1, 0.15) is 12.6 Å². The first kappa shape index (κ1) is 19.2. The largest absolute Gasteiger partial charge is 0.309 e. The third-order valence-corrected chi connectivity index (χ3v) is 5.97. The van der Waals surface area contributed by atoms with Crippen LogP contribution in [0.2, 0.25) is 10.0 Å². The predicted octanol–water partition coefficient (Wildman–Crippen LogP) is 4.77. The Bertz CT molecular complexity index is 927. The maximum Gasteiger partial charge on any atom is 0.236 e. The van der Waals surface area contributed by atoms with E-state index in [-0.39, 0.29) is 11.7 Å². The van der Waals surface area contributed by atoms with Gasteiger partial charge < -0.3 is 9.88 Å². The molecule has 0 spiro atoms. The van der Waals surface area contributed by atoms with Crippen LogP contribution in [0.3, 0.4) is 0 Å². The maximum absolute atomic E-state index is 12.3. The molecular formula is C16H15Cl2N5OS2. The number of anilines is 1. The van der Waals surface area contributed by atoms with Gasteiger partial charge in [-0.2, -0.15) is 0 Å². The highest BCUT2D eigenvalue weighted by Gasteiger charge is 2.16. The summed E-state index contributed by atoms with van der Waals surface area (Å²) in [6.45, 7) is 4.48. The lowest BCUT2D eigenvalue weighted by atomic mass is 10.3. The number of nitrogens with zero attached hydrogens (tertiary/aromatic N) is 4. The van der Waals surface area contributed by atoms with Crippen molar-refractivity contribution in [3.8, 4) is 10.7 Å². The van der Waals surface area contributed by atoms with Crippen LogP contribution in [-0.2, 0) is 11.3 Å². The van der Waals surface area contributed by atoms with Crippen LogP contribution in [-0.4, -0.2) is 31.4 Å². The SMILES string of the molecule is CCn1c(SCC(=O)Nc2nc(C)c(Cl)cc2Cl)nnc1-c1cccs1. The number of thioether (sulfide) groups is 1. The number of nitrogens with one attached hydrogen (secondary N) is 1. The summed E-state index contributed by atoms with van der Waals surface area (Å²) in [4.78, 5) is 17.5. The van der Waals surface area contributed by atoms with E-state index < -0.39 is 0 Å². The Morgan fingerprint density at radius 1 is 1.35 bits per heavy atom. The highest BCUT2D eigenvalue weighted by atomic mass is 35.5. The third kappa shape index (κ3) is 4.20. The lowest BCUT2D eigenvalue weighted by molar-refractivity contribution is -0.113. The molecule has 0 atom stereocenters. The molecule has 3 rings (SSSR count). The van der Waals surface area contributed by atoms with Crippen LogP contribution in [0.15, 0.2) is 28.7 Å². The number of halogens is 2. The van der Waals surface area contributed by atoms with Gasteiger partial charge in [0.15, 0.2) is 16.8 Å².